The molecule has 0 saturated heterocycles. The third kappa shape index (κ3) is 5.20. The van der Waals surface area contributed by atoms with E-state index in [2.05, 4.69) is 30.4 Å². The molecule has 3 heteroatoms. The third-order valence-corrected chi connectivity index (χ3v) is 7.42. The van der Waals surface area contributed by atoms with Crippen LogP contribution in [-0.2, 0) is 2.85 Å². The van der Waals surface area contributed by atoms with Crippen molar-refractivity contribution in [2.24, 2.45) is 10.9 Å². The van der Waals surface area contributed by atoms with E-state index in [1.165, 1.54) is 4.18 Å². The van der Waals surface area contributed by atoms with Gasteiger partial charge in [-0.05, 0) is 0 Å². The van der Waals surface area contributed by atoms with E-state index in [-0.39, 0.29) is 6.10 Å². The van der Waals surface area contributed by atoms with Crippen molar-refractivity contribution >= 4 is 28.1 Å². The molecule has 0 amide bonds. The molecular formula is C9H20InNO. The van der Waals surface area contributed by atoms with Crippen LogP contribution in [0.15, 0.2) is 4.99 Å². The first-order valence-corrected chi connectivity index (χ1v) is 11.7. The van der Waals surface area contributed by atoms with Crippen molar-refractivity contribution < 1.29 is 2.85 Å². The molecule has 0 aromatic rings. The summed E-state index contributed by atoms with van der Waals surface area (Å²) in [6, 6.07) is 0. The number of hydrogen-bond acceptors (Lipinski definition) is 2. The summed E-state index contributed by atoms with van der Waals surface area (Å²) in [6.45, 7) is 6.59. The van der Waals surface area contributed by atoms with Crippen molar-refractivity contribution in [2.75, 3.05) is 7.05 Å². The van der Waals surface area contributed by atoms with Crippen LogP contribution in [0.3, 0.4) is 0 Å². The summed E-state index contributed by atoms with van der Waals surface area (Å²) >= 11 is -1.56. The first kappa shape index (κ1) is 12.5. The van der Waals surface area contributed by atoms with Gasteiger partial charge >= 0.3 is 84.6 Å². The fourth-order valence-corrected chi connectivity index (χ4v) is 4.05. The predicted molar refractivity (Wildman–Crippen MR) is 56.2 cm³/mol. The van der Waals surface area contributed by atoms with E-state index >= 15 is 0 Å². The average molecular weight is 273 g/mol. The molecule has 0 heterocycles. The molecule has 70 valence electrons. The maximum atomic E-state index is 5.96. The Morgan fingerprint density at radius 2 is 2.08 bits per heavy atom. The van der Waals surface area contributed by atoms with Crippen molar-refractivity contribution in [1.82, 2.24) is 0 Å². The van der Waals surface area contributed by atoms with Crippen molar-refractivity contribution in [2.45, 2.75) is 35.7 Å². The standard InChI is InChI=1S/C6H12NO.C2H5.CH3.In/c1-5(2)6(8)4-7-3;1-2;;/h4-6H,1-3H3;1H2,2H3;1H3;/q-1;;;+1. The summed E-state index contributed by atoms with van der Waals surface area (Å²) in [4.78, 5) is 4.03. The zero-order valence-electron chi connectivity index (χ0n) is 8.87. The fourth-order valence-electron chi connectivity index (χ4n) is 0.876. The molecule has 0 aliphatic heterocycles. The van der Waals surface area contributed by atoms with Gasteiger partial charge in [0.1, 0.15) is 0 Å². The molecule has 0 bridgehead atoms. The molecule has 1 atom stereocenters. The zero-order chi connectivity index (χ0) is 9.56. The molecular weight excluding hydrogens is 253 g/mol. The van der Waals surface area contributed by atoms with Crippen molar-refractivity contribution in [3.05, 3.63) is 0 Å². The van der Waals surface area contributed by atoms with Crippen LogP contribution in [0.2, 0.25) is 8.86 Å². The fraction of sp³-hybridized carbons (Fsp3) is 0.889. The molecule has 0 spiro atoms. The van der Waals surface area contributed by atoms with E-state index < -0.39 is 21.9 Å². The van der Waals surface area contributed by atoms with Crippen LogP contribution in [0.4, 0.5) is 0 Å². The Morgan fingerprint density at radius 3 is 2.42 bits per heavy atom. The Morgan fingerprint density at radius 1 is 1.50 bits per heavy atom. The first-order valence-electron chi connectivity index (χ1n) is 4.69. The van der Waals surface area contributed by atoms with Crippen LogP contribution in [0.1, 0.15) is 20.8 Å². The van der Waals surface area contributed by atoms with Crippen LogP contribution in [0, 0.1) is 5.92 Å². The first-order chi connectivity index (χ1) is 5.61. The molecule has 0 rings (SSSR count). The van der Waals surface area contributed by atoms with Gasteiger partial charge in [-0.2, -0.15) is 0 Å². The maximum absolute atomic E-state index is 5.96. The van der Waals surface area contributed by atoms with Gasteiger partial charge in [0.2, 0.25) is 0 Å². The van der Waals surface area contributed by atoms with Gasteiger partial charge in [0, 0.05) is 0 Å². The molecule has 1 unspecified atom stereocenters. The van der Waals surface area contributed by atoms with E-state index in [9.17, 15) is 0 Å². The van der Waals surface area contributed by atoms with Crippen molar-refractivity contribution in [3.63, 3.8) is 0 Å². The van der Waals surface area contributed by atoms with Gasteiger partial charge in [-0.1, -0.05) is 0 Å². The monoisotopic (exact) mass is 273 g/mol. The summed E-state index contributed by atoms with van der Waals surface area (Å²) < 4.78 is 9.53. The predicted octanol–water partition coefficient (Wildman–Crippen LogP) is 2.37. The van der Waals surface area contributed by atoms with Crippen molar-refractivity contribution in [1.29, 1.82) is 0 Å². The molecule has 0 fully saturated rings. The van der Waals surface area contributed by atoms with Crippen LogP contribution in [0.25, 0.3) is 0 Å². The molecule has 2 nitrogen and oxygen atoms in total. The second-order valence-corrected chi connectivity index (χ2v) is 11.2. The quantitative estimate of drug-likeness (QED) is 0.705. The molecule has 0 radical (unpaired) electrons. The number of rotatable bonds is 5. The van der Waals surface area contributed by atoms with Crippen LogP contribution in [-0.4, -0.2) is 41.2 Å². The van der Waals surface area contributed by atoms with Gasteiger partial charge in [-0.15, -0.1) is 0 Å². The summed E-state index contributed by atoms with van der Waals surface area (Å²) in [7, 11) is 1.81. The third-order valence-electron chi connectivity index (χ3n) is 1.92. The van der Waals surface area contributed by atoms with Gasteiger partial charge in [0.05, 0.1) is 0 Å². The number of aliphatic imine (C=N–C) groups is 1. The molecule has 0 aliphatic rings. The van der Waals surface area contributed by atoms with Crippen LogP contribution >= 0.6 is 0 Å². The normalized spacial score (nSPS) is 14.2. The Balaban J connectivity index is 3.95. The Kier molecular flexibility index (Phi) is 7.25. The Labute approximate surface area is 84.6 Å². The number of hydrogen-bond donors (Lipinski definition) is 0. The van der Waals surface area contributed by atoms with Gasteiger partial charge in [0.25, 0.3) is 0 Å². The van der Waals surface area contributed by atoms with Crippen LogP contribution in [0.5, 0.6) is 0 Å². The van der Waals surface area contributed by atoms with E-state index in [0.717, 1.165) is 0 Å². The summed E-state index contributed by atoms with van der Waals surface area (Å²) in [5.74, 6) is 0.555. The minimum absolute atomic E-state index is 0.265. The van der Waals surface area contributed by atoms with Crippen LogP contribution < -0.4 is 0 Å². The number of nitrogens with zero attached hydrogens (tertiary/aromatic N) is 1. The second kappa shape index (κ2) is 6.96. The van der Waals surface area contributed by atoms with E-state index in [4.69, 9.17) is 2.85 Å². The second-order valence-electron chi connectivity index (χ2n) is 3.47. The SMILES string of the molecule is C[CH2][In]([CH3])[O]C(C=NC)C(C)C. The summed E-state index contributed by atoms with van der Waals surface area (Å²) in [5.41, 5.74) is 0. The average Bonchev–Trinajstić information content (AvgIpc) is 2.03. The van der Waals surface area contributed by atoms with Gasteiger partial charge in [-0.25, -0.2) is 0 Å². The van der Waals surface area contributed by atoms with Crippen molar-refractivity contribution in [3.8, 4) is 0 Å². The minimum atomic E-state index is -1.56. The van der Waals surface area contributed by atoms with E-state index in [1.807, 2.05) is 13.3 Å². The van der Waals surface area contributed by atoms with Gasteiger partial charge in [-0.3, -0.25) is 0 Å². The summed E-state index contributed by atoms with van der Waals surface area (Å²) in [5, 5.41) is 0. The molecule has 0 N–H and O–H groups in total. The molecule has 0 aliphatic carbocycles. The van der Waals surface area contributed by atoms with E-state index in [1.54, 1.807) is 0 Å². The molecule has 12 heavy (non-hydrogen) atoms. The topological polar surface area (TPSA) is 21.6 Å². The van der Waals surface area contributed by atoms with E-state index in [0.29, 0.717) is 5.92 Å². The Hall–Kier alpha value is 0.500. The Bertz CT molecular complexity index is 136. The molecule has 0 saturated carbocycles. The van der Waals surface area contributed by atoms with Gasteiger partial charge < -0.3 is 0 Å². The molecule has 0 aromatic heterocycles. The van der Waals surface area contributed by atoms with Gasteiger partial charge in [0.15, 0.2) is 0 Å². The summed E-state index contributed by atoms with van der Waals surface area (Å²) in [6.07, 6.45) is 2.20. The zero-order valence-corrected chi connectivity index (χ0v) is 12.2. The molecule has 0 aromatic carbocycles.